The van der Waals surface area contributed by atoms with Gasteiger partial charge in [-0.3, -0.25) is 9.59 Å². The van der Waals surface area contributed by atoms with Gasteiger partial charge in [0.25, 0.3) is 5.91 Å². The third-order valence-electron chi connectivity index (χ3n) is 4.81. The lowest BCUT2D eigenvalue weighted by Gasteiger charge is -2.35. The number of ether oxygens (including phenoxy) is 1. The Morgan fingerprint density at radius 3 is 2.36 bits per heavy atom. The number of rotatable bonds is 6. The fourth-order valence-corrected chi connectivity index (χ4v) is 3.13. The molecule has 1 saturated heterocycles. The molecule has 1 aromatic carbocycles. The number of hydrogen-bond donors (Lipinski definition) is 0. The Hall–Kier alpha value is -2.89. The summed E-state index contributed by atoms with van der Waals surface area (Å²) in [6.07, 6.45) is 3.08. The van der Waals surface area contributed by atoms with Gasteiger partial charge in [-0.1, -0.05) is 32.0 Å². The van der Waals surface area contributed by atoms with Gasteiger partial charge in [0.05, 0.1) is 0 Å². The van der Waals surface area contributed by atoms with Crippen molar-refractivity contribution in [2.75, 3.05) is 26.2 Å². The summed E-state index contributed by atoms with van der Waals surface area (Å²) in [6.45, 7) is 6.41. The van der Waals surface area contributed by atoms with Crippen LogP contribution < -0.4 is 4.74 Å². The fourth-order valence-electron chi connectivity index (χ4n) is 3.13. The van der Waals surface area contributed by atoms with E-state index in [0.717, 1.165) is 6.42 Å². The Morgan fingerprint density at radius 1 is 1.00 bits per heavy atom. The van der Waals surface area contributed by atoms with Gasteiger partial charge in [-0.05, 0) is 36.6 Å². The molecule has 148 valence electrons. The molecule has 6 nitrogen and oxygen atoms in total. The average molecular weight is 381 g/mol. The Morgan fingerprint density at radius 2 is 1.68 bits per heavy atom. The van der Waals surface area contributed by atoms with Crippen LogP contribution in [0.25, 0.3) is 0 Å². The van der Waals surface area contributed by atoms with Gasteiger partial charge in [0.1, 0.15) is 11.3 Å². The molecule has 0 N–H and O–H groups in total. The Kier molecular flexibility index (Phi) is 6.63. The third-order valence-corrected chi connectivity index (χ3v) is 4.81. The zero-order valence-electron chi connectivity index (χ0n) is 16.5. The van der Waals surface area contributed by atoms with Crippen LogP contribution in [0, 0.1) is 5.92 Å². The van der Waals surface area contributed by atoms with E-state index < -0.39 is 0 Å². The van der Waals surface area contributed by atoms with Crippen molar-refractivity contribution in [3.8, 4) is 11.6 Å². The predicted molar refractivity (Wildman–Crippen MR) is 107 cm³/mol. The highest BCUT2D eigenvalue weighted by Gasteiger charge is 2.26. The topological polar surface area (TPSA) is 62.7 Å². The van der Waals surface area contributed by atoms with Crippen molar-refractivity contribution >= 4 is 11.8 Å². The first-order valence-electron chi connectivity index (χ1n) is 9.79. The number of piperazine rings is 1. The molecule has 2 aromatic rings. The molecular weight excluding hydrogens is 354 g/mol. The van der Waals surface area contributed by atoms with Crippen molar-refractivity contribution in [2.24, 2.45) is 5.92 Å². The van der Waals surface area contributed by atoms with Gasteiger partial charge in [0, 0.05) is 38.8 Å². The second-order valence-electron chi connectivity index (χ2n) is 7.38. The maximum Gasteiger partial charge on any atom is 0.259 e. The molecule has 0 atom stereocenters. The van der Waals surface area contributed by atoms with Crippen LogP contribution in [0.3, 0.4) is 0 Å². The second-order valence-corrected chi connectivity index (χ2v) is 7.38. The minimum absolute atomic E-state index is 0.117. The first-order chi connectivity index (χ1) is 13.5. The highest BCUT2D eigenvalue weighted by atomic mass is 16.5. The zero-order valence-corrected chi connectivity index (χ0v) is 16.5. The van der Waals surface area contributed by atoms with E-state index in [-0.39, 0.29) is 11.8 Å². The summed E-state index contributed by atoms with van der Waals surface area (Å²) in [5.74, 6) is 1.51. The predicted octanol–water partition coefficient (Wildman–Crippen LogP) is 3.59. The van der Waals surface area contributed by atoms with E-state index in [1.165, 1.54) is 0 Å². The quantitative estimate of drug-likeness (QED) is 0.767. The standard InChI is InChI=1S/C22H27N3O3/c1-17(2)10-11-20(26)24-13-15-25(16-14-24)22(27)19-9-6-12-23-21(19)28-18-7-4-3-5-8-18/h3-9,12,17H,10-11,13-16H2,1-2H3. The first-order valence-corrected chi connectivity index (χ1v) is 9.79. The maximum absolute atomic E-state index is 13.0. The van der Waals surface area contributed by atoms with Crippen LogP contribution in [-0.4, -0.2) is 52.8 Å². The van der Waals surface area contributed by atoms with Gasteiger partial charge in [-0.2, -0.15) is 0 Å². The van der Waals surface area contributed by atoms with E-state index in [1.54, 1.807) is 23.2 Å². The zero-order chi connectivity index (χ0) is 19.9. The smallest absolute Gasteiger partial charge is 0.259 e. The first kappa shape index (κ1) is 19.9. The normalized spacial score (nSPS) is 14.2. The molecule has 1 fully saturated rings. The molecule has 0 spiro atoms. The highest BCUT2D eigenvalue weighted by Crippen LogP contribution is 2.24. The van der Waals surface area contributed by atoms with Crippen molar-refractivity contribution in [1.29, 1.82) is 0 Å². The SMILES string of the molecule is CC(C)CCC(=O)N1CCN(C(=O)c2cccnc2Oc2ccccc2)CC1. The molecule has 1 aromatic heterocycles. The average Bonchev–Trinajstić information content (AvgIpc) is 2.73. The summed E-state index contributed by atoms with van der Waals surface area (Å²) in [4.78, 5) is 33.2. The summed E-state index contributed by atoms with van der Waals surface area (Å²) in [5.41, 5.74) is 0.436. The molecule has 0 radical (unpaired) electrons. The second kappa shape index (κ2) is 9.35. The highest BCUT2D eigenvalue weighted by molar-refractivity contribution is 5.96. The molecule has 0 aliphatic carbocycles. The number of para-hydroxylation sites is 1. The molecule has 6 heteroatoms. The molecule has 1 aliphatic rings. The van der Waals surface area contributed by atoms with Crippen LogP contribution in [0.4, 0.5) is 0 Å². The molecule has 0 unspecified atom stereocenters. The summed E-state index contributed by atoms with van der Waals surface area (Å²) >= 11 is 0. The lowest BCUT2D eigenvalue weighted by atomic mass is 10.1. The van der Waals surface area contributed by atoms with Crippen molar-refractivity contribution < 1.29 is 14.3 Å². The van der Waals surface area contributed by atoms with Gasteiger partial charge in [0.2, 0.25) is 11.8 Å². The molecule has 0 saturated carbocycles. The molecule has 3 rings (SSSR count). The number of nitrogens with zero attached hydrogens (tertiary/aromatic N) is 3. The van der Waals surface area contributed by atoms with Crippen LogP contribution in [0.15, 0.2) is 48.7 Å². The van der Waals surface area contributed by atoms with Crippen LogP contribution in [0.2, 0.25) is 0 Å². The van der Waals surface area contributed by atoms with E-state index in [0.29, 0.717) is 55.7 Å². The third kappa shape index (κ3) is 5.09. The number of aromatic nitrogens is 1. The number of amides is 2. The number of carbonyl (C=O) groups is 2. The van der Waals surface area contributed by atoms with Crippen molar-refractivity contribution in [3.63, 3.8) is 0 Å². The number of carbonyl (C=O) groups excluding carboxylic acids is 2. The molecular formula is C22H27N3O3. The maximum atomic E-state index is 13.0. The summed E-state index contributed by atoms with van der Waals surface area (Å²) in [7, 11) is 0. The minimum atomic E-state index is -0.117. The number of hydrogen-bond acceptors (Lipinski definition) is 4. The minimum Gasteiger partial charge on any atom is -0.438 e. The molecule has 0 bridgehead atoms. The molecule has 1 aliphatic heterocycles. The summed E-state index contributed by atoms with van der Waals surface area (Å²) in [5, 5.41) is 0. The van der Waals surface area contributed by atoms with Crippen LogP contribution in [0.5, 0.6) is 11.6 Å². The van der Waals surface area contributed by atoms with Gasteiger partial charge < -0.3 is 14.5 Å². The fraction of sp³-hybridized carbons (Fsp3) is 0.409. The molecule has 28 heavy (non-hydrogen) atoms. The lowest BCUT2D eigenvalue weighted by Crippen LogP contribution is -2.50. The van der Waals surface area contributed by atoms with Crippen molar-refractivity contribution in [3.05, 3.63) is 54.2 Å². The summed E-state index contributed by atoms with van der Waals surface area (Å²) < 4.78 is 5.81. The van der Waals surface area contributed by atoms with Gasteiger partial charge in [0.15, 0.2) is 0 Å². The van der Waals surface area contributed by atoms with Gasteiger partial charge in [-0.15, -0.1) is 0 Å². The van der Waals surface area contributed by atoms with E-state index in [1.807, 2.05) is 35.2 Å². The lowest BCUT2D eigenvalue weighted by molar-refractivity contribution is -0.132. The van der Waals surface area contributed by atoms with E-state index in [2.05, 4.69) is 18.8 Å². The molecule has 2 heterocycles. The van der Waals surface area contributed by atoms with Crippen molar-refractivity contribution in [1.82, 2.24) is 14.8 Å². The number of benzene rings is 1. The Balaban J connectivity index is 1.62. The van der Waals surface area contributed by atoms with E-state index >= 15 is 0 Å². The Labute approximate surface area is 166 Å². The van der Waals surface area contributed by atoms with E-state index in [9.17, 15) is 9.59 Å². The largest absolute Gasteiger partial charge is 0.438 e. The van der Waals surface area contributed by atoms with Crippen LogP contribution in [0.1, 0.15) is 37.0 Å². The number of pyridine rings is 1. The van der Waals surface area contributed by atoms with Gasteiger partial charge in [-0.25, -0.2) is 4.98 Å². The van der Waals surface area contributed by atoms with Crippen LogP contribution in [-0.2, 0) is 4.79 Å². The van der Waals surface area contributed by atoms with Gasteiger partial charge >= 0.3 is 0 Å². The summed E-state index contributed by atoms with van der Waals surface area (Å²) in [6, 6.07) is 12.8. The molecule has 2 amide bonds. The van der Waals surface area contributed by atoms with E-state index in [4.69, 9.17) is 4.74 Å². The van der Waals surface area contributed by atoms with Crippen molar-refractivity contribution in [2.45, 2.75) is 26.7 Å². The monoisotopic (exact) mass is 381 g/mol. The Bertz CT molecular complexity index is 800. The van der Waals surface area contributed by atoms with Crippen LogP contribution >= 0.6 is 0 Å².